The van der Waals surface area contributed by atoms with E-state index in [-0.39, 0.29) is 17.9 Å². The monoisotopic (exact) mass is 265 g/mol. The SMILES string of the molecule is CCc1cc(C(=O)N2CCC(C(C)O)C2)n(CC)n1. The van der Waals surface area contributed by atoms with Crippen molar-refractivity contribution in [2.45, 2.75) is 46.3 Å². The first-order chi connectivity index (χ1) is 9.06. The summed E-state index contributed by atoms with van der Waals surface area (Å²) in [4.78, 5) is 14.3. The summed E-state index contributed by atoms with van der Waals surface area (Å²) in [6, 6.07) is 1.89. The number of aromatic nitrogens is 2. The molecule has 1 N–H and O–H groups in total. The van der Waals surface area contributed by atoms with E-state index in [4.69, 9.17) is 0 Å². The Hall–Kier alpha value is -1.36. The number of aliphatic hydroxyl groups excluding tert-OH is 1. The number of hydrogen-bond acceptors (Lipinski definition) is 3. The Morgan fingerprint density at radius 3 is 2.84 bits per heavy atom. The molecule has 19 heavy (non-hydrogen) atoms. The third kappa shape index (κ3) is 2.81. The predicted octanol–water partition coefficient (Wildman–Crippen LogP) is 1.31. The van der Waals surface area contributed by atoms with Gasteiger partial charge in [0.2, 0.25) is 0 Å². The number of likely N-dealkylation sites (tertiary alicyclic amines) is 1. The van der Waals surface area contributed by atoms with Crippen LogP contribution in [-0.4, -0.2) is 44.9 Å². The van der Waals surface area contributed by atoms with Crippen molar-refractivity contribution in [3.8, 4) is 0 Å². The number of amides is 1. The molecule has 1 aromatic heterocycles. The second kappa shape index (κ2) is 5.74. The maximum Gasteiger partial charge on any atom is 0.272 e. The van der Waals surface area contributed by atoms with E-state index < -0.39 is 0 Å². The second-order valence-electron chi connectivity index (χ2n) is 5.23. The molecule has 2 heterocycles. The second-order valence-corrected chi connectivity index (χ2v) is 5.23. The van der Waals surface area contributed by atoms with Gasteiger partial charge in [0.15, 0.2) is 0 Å². The van der Waals surface area contributed by atoms with Crippen LogP contribution in [0, 0.1) is 5.92 Å². The maximum atomic E-state index is 12.5. The van der Waals surface area contributed by atoms with Crippen molar-refractivity contribution in [3.63, 3.8) is 0 Å². The van der Waals surface area contributed by atoms with Crippen LogP contribution >= 0.6 is 0 Å². The average molecular weight is 265 g/mol. The molecule has 1 aliphatic rings. The molecule has 5 heteroatoms. The van der Waals surface area contributed by atoms with Crippen molar-refractivity contribution >= 4 is 5.91 Å². The van der Waals surface area contributed by atoms with Gasteiger partial charge in [0.05, 0.1) is 11.8 Å². The quantitative estimate of drug-likeness (QED) is 0.893. The fourth-order valence-electron chi connectivity index (χ4n) is 2.58. The molecule has 5 nitrogen and oxygen atoms in total. The number of aliphatic hydroxyl groups is 1. The molecule has 0 spiro atoms. The number of aryl methyl sites for hydroxylation is 2. The van der Waals surface area contributed by atoms with Gasteiger partial charge in [0, 0.05) is 25.6 Å². The predicted molar refractivity (Wildman–Crippen MR) is 73.0 cm³/mol. The molecular formula is C14H23N3O2. The molecule has 106 valence electrons. The van der Waals surface area contributed by atoms with E-state index in [1.165, 1.54) is 0 Å². The van der Waals surface area contributed by atoms with Gasteiger partial charge in [-0.15, -0.1) is 0 Å². The molecule has 0 radical (unpaired) electrons. The molecule has 1 amide bonds. The minimum atomic E-state index is -0.347. The van der Waals surface area contributed by atoms with Crippen LogP contribution in [0.5, 0.6) is 0 Å². The first-order valence-corrected chi connectivity index (χ1v) is 7.10. The minimum absolute atomic E-state index is 0.0391. The van der Waals surface area contributed by atoms with Crippen molar-refractivity contribution in [3.05, 3.63) is 17.5 Å². The van der Waals surface area contributed by atoms with E-state index in [1.807, 2.05) is 24.8 Å². The molecule has 0 aliphatic carbocycles. The number of carbonyl (C=O) groups excluding carboxylic acids is 1. The highest BCUT2D eigenvalue weighted by Crippen LogP contribution is 2.22. The van der Waals surface area contributed by atoms with Crippen LogP contribution in [0.3, 0.4) is 0 Å². The van der Waals surface area contributed by atoms with Crippen molar-refractivity contribution in [2.24, 2.45) is 5.92 Å². The summed E-state index contributed by atoms with van der Waals surface area (Å²) in [5, 5.41) is 14.0. The lowest BCUT2D eigenvalue weighted by Crippen LogP contribution is -2.32. The third-order valence-electron chi connectivity index (χ3n) is 3.91. The fourth-order valence-corrected chi connectivity index (χ4v) is 2.58. The van der Waals surface area contributed by atoms with Gasteiger partial charge in [0.25, 0.3) is 5.91 Å². The standard InChI is InChI=1S/C14H23N3O2/c1-4-12-8-13(17(5-2)15-12)14(19)16-7-6-11(9-16)10(3)18/h8,10-11,18H,4-7,9H2,1-3H3. The summed E-state index contributed by atoms with van der Waals surface area (Å²) < 4.78 is 1.77. The zero-order valence-corrected chi connectivity index (χ0v) is 12.0. The van der Waals surface area contributed by atoms with Crippen molar-refractivity contribution in [1.82, 2.24) is 14.7 Å². The molecule has 0 bridgehead atoms. The topological polar surface area (TPSA) is 58.4 Å². The Morgan fingerprint density at radius 2 is 2.32 bits per heavy atom. The summed E-state index contributed by atoms with van der Waals surface area (Å²) in [6.45, 7) is 7.90. The van der Waals surface area contributed by atoms with Gasteiger partial charge in [-0.1, -0.05) is 6.92 Å². The third-order valence-corrected chi connectivity index (χ3v) is 3.91. The Morgan fingerprint density at radius 1 is 1.58 bits per heavy atom. The molecule has 2 atom stereocenters. The van der Waals surface area contributed by atoms with E-state index in [2.05, 4.69) is 5.10 Å². The first-order valence-electron chi connectivity index (χ1n) is 7.10. The van der Waals surface area contributed by atoms with Crippen LogP contribution in [0.2, 0.25) is 0 Å². The molecule has 1 aromatic rings. The molecule has 0 aromatic carbocycles. The highest BCUT2D eigenvalue weighted by molar-refractivity contribution is 5.93. The zero-order valence-electron chi connectivity index (χ0n) is 12.0. The van der Waals surface area contributed by atoms with Gasteiger partial charge in [-0.05, 0) is 32.8 Å². The lowest BCUT2D eigenvalue weighted by atomic mass is 10.0. The molecular weight excluding hydrogens is 242 g/mol. The molecule has 1 saturated heterocycles. The van der Waals surface area contributed by atoms with Crippen molar-refractivity contribution in [1.29, 1.82) is 0 Å². The van der Waals surface area contributed by atoms with Crippen LogP contribution in [0.4, 0.5) is 0 Å². The molecule has 1 aliphatic heterocycles. The summed E-state index contributed by atoms with van der Waals surface area (Å²) in [5.41, 5.74) is 1.63. The van der Waals surface area contributed by atoms with E-state index in [1.54, 1.807) is 11.6 Å². The minimum Gasteiger partial charge on any atom is -0.393 e. The van der Waals surface area contributed by atoms with Crippen LogP contribution in [0.15, 0.2) is 6.07 Å². The van der Waals surface area contributed by atoms with Gasteiger partial charge in [-0.2, -0.15) is 5.10 Å². The molecule has 2 rings (SSSR count). The van der Waals surface area contributed by atoms with Crippen LogP contribution in [0.25, 0.3) is 0 Å². The Balaban J connectivity index is 2.14. The van der Waals surface area contributed by atoms with E-state index >= 15 is 0 Å². The maximum absolute atomic E-state index is 12.5. The number of carbonyl (C=O) groups is 1. The van der Waals surface area contributed by atoms with Crippen molar-refractivity contribution in [2.75, 3.05) is 13.1 Å². The summed E-state index contributed by atoms with van der Waals surface area (Å²) >= 11 is 0. The first kappa shape index (κ1) is 14.1. The smallest absolute Gasteiger partial charge is 0.272 e. The highest BCUT2D eigenvalue weighted by Gasteiger charge is 2.31. The summed E-state index contributed by atoms with van der Waals surface area (Å²) in [7, 11) is 0. The Kier molecular flexibility index (Phi) is 4.24. The van der Waals surface area contributed by atoms with E-state index in [0.29, 0.717) is 18.8 Å². The van der Waals surface area contributed by atoms with Crippen LogP contribution in [0.1, 0.15) is 43.4 Å². The van der Waals surface area contributed by atoms with E-state index in [9.17, 15) is 9.90 Å². The fraction of sp³-hybridized carbons (Fsp3) is 0.714. The van der Waals surface area contributed by atoms with Gasteiger partial charge < -0.3 is 10.0 Å². The number of rotatable bonds is 4. The van der Waals surface area contributed by atoms with Gasteiger partial charge in [-0.3, -0.25) is 9.48 Å². The lowest BCUT2D eigenvalue weighted by Gasteiger charge is -2.18. The summed E-state index contributed by atoms with van der Waals surface area (Å²) in [6.07, 6.45) is 1.37. The number of nitrogens with zero attached hydrogens (tertiary/aromatic N) is 3. The zero-order chi connectivity index (χ0) is 14.0. The normalized spacial score (nSPS) is 20.8. The Labute approximate surface area is 114 Å². The van der Waals surface area contributed by atoms with Gasteiger partial charge >= 0.3 is 0 Å². The van der Waals surface area contributed by atoms with Crippen molar-refractivity contribution < 1.29 is 9.90 Å². The largest absolute Gasteiger partial charge is 0.393 e. The average Bonchev–Trinajstić information content (AvgIpc) is 3.04. The molecule has 2 unspecified atom stereocenters. The lowest BCUT2D eigenvalue weighted by molar-refractivity contribution is 0.0750. The highest BCUT2D eigenvalue weighted by atomic mass is 16.3. The van der Waals surface area contributed by atoms with Gasteiger partial charge in [-0.25, -0.2) is 0 Å². The van der Waals surface area contributed by atoms with Crippen LogP contribution in [-0.2, 0) is 13.0 Å². The molecule has 1 fully saturated rings. The van der Waals surface area contributed by atoms with E-state index in [0.717, 1.165) is 25.1 Å². The van der Waals surface area contributed by atoms with Crippen LogP contribution < -0.4 is 0 Å². The Bertz CT molecular complexity index is 454. The number of hydrogen-bond donors (Lipinski definition) is 1. The molecule has 0 saturated carbocycles. The van der Waals surface area contributed by atoms with Gasteiger partial charge in [0.1, 0.15) is 5.69 Å². The summed E-state index contributed by atoms with van der Waals surface area (Å²) in [5.74, 6) is 0.241.